The first-order chi connectivity index (χ1) is 15.6. The molecule has 170 valence electrons. The molecule has 0 radical (unpaired) electrons. The molecule has 4 rings (SSSR count). The van der Waals surface area contributed by atoms with Gasteiger partial charge in [0.25, 0.3) is 5.91 Å². The van der Waals surface area contributed by atoms with E-state index in [1.54, 1.807) is 12.3 Å². The van der Waals surface area contributed by atoms with Crippen molar-refractivity contribution < 1.29 is 14.4 Å². The van der Waals surface area contributed by atoms with Gasteiger partial charge in [-0.2, -0.15) is 0 Å². The lowest BCUT2D eigenvalue weighted by molar-refractivity contribution is -0.198. The molecular formula is C24H31N5O3. The molecule has 1 aromatic heterocycles. The van der Waals surface area contributed by atoms with Crippen LogP contribution in [0.2, 0.25) is 0 Å². The number of aryl methyl sites for hydroxylation is 1. The molecule has 0 saturated carbocycles. The van der Waals surface area contributed by atoms with Gasteiger partial charge in [-0.3, -0.25) is 4.79 Å². The molecule has 0 bridgehead atoms. The smallest absolute Gasteiger partial charge is 0.267 e. The van der Waals surface area contributed by atoms with Gasteiger partial charge in [0.15, 0.2) is 6.29 Å². The molecule has 2 atom stereocenters. The average Bonchev–Trinajstić information content (AvgIpc) is 3.27. The fourth-order valence-electron chi connectivity index (χ4n) is 4.11. The van der Waals surface area contributed by atoms with Gasteiger partial charge in [0.05, 0.1) is 23.1 Å². The third-order valence-electron chi connectivity index (χ3n) is 5.81. The lowest BCUT2D eigenvalue weighted by atomic mass is 9.89. The zero-order chi connectivity index (χ0) is 22.2. The highest BCUT2D eigenvalue weighted by molar-refractivity contribution is 5.90. The summed E-state index contributed by atoms with van der Waals surface area (Å²) >= 11 is 0. The van der Waals surface area contributed by atoms with Gasteiger partial charge in [-0.25, -0.2) is 20.3 Å². The predicted molar refractivity (Wildman–Crippen MR) is 123 cm³/mol. The third-order valence-corrected chi connectivity index (χ3v) is 5.81. The first kappa shape index (κ1) is 22.4. The van der Waals surface area contributed by atoms with Crippen molar-refractivity contribution in [1.82, 2.24) is 20.8 Å². The fraction of sp³-hybridized carbons (Fsp3) is 0.458. The second-order valence-corrected chi connectivity index (χ2v) is 8.44. The van der Waals surface area contributed by atoms with E-state index in [1.165, 1.54) is 11.6 Å². The van der Waals surface area contributed by atoms with Gasteiger partial charge in [-0.1, -0.05) is 30.3 Å². The van der Waals surface area contributed by atoms with E-state index < -0.39 is 0 Å². The number of ether oxygens (including phenoxy) is 1. The summed E-state index contributed by atoms with van der Waals surface area (Å²) in [6, 6.07) is 10.5. The molecule has 8 nitrogen and oxygen atoms in total. The number of rotatable bonds is 8. The highest BCUT2D eigenvalue weighted by Gasteiger charge is 2.34. The minimum Gasteiger partial charge on any atom is -0.361 e. The van der Waals surface area contributed by atoms with Crippen molar-refractivity contribution in [2.75, 3.05) is 25.0 Å². The third kappa shape index (κ3) is 6.12. The summed E-state index contributed by atoms with van der Waals surface area (Å²) < 4.78 is 5.43. The Morgan fingerprint density at radius 1 is 1.34 bits per heavy atom. The largest absolute Gasteiger partial charge is 0.361 e. The number of nitrogens with zero attached hydrogens (tertiary/aromatic N) is 2. The Balaban J connectivity index is 1.35. The number of carbonyl (C=O) groups is 1. The summed E-state index contributed by atoms with van der Waals surface area (Å²) in [5.41, 5.74) is 5.00. The van der Waals surface area contributed by atoms with Gasteiger partial charge in [0, 0.05) is 25.6 Å². The molecule has 2 saturated heterocycles. The second-order valence-electron chi connectivity index (χ2n) is 8.44. The number of carbonyl (C=O) groups excluding carboxylic acids is 1. The molecule has 1 aromatic carbocycles. The maximum Gasteiger partial charge on any atom is 0.267 e. The molecule has 1 amide bonds. The van der Waals surface area contributed by atoms with E-state index in [4.69, 9.17) is 9.57 Å². The van der Waals surface area contributed by atoms with Gasteiger partial charge in [0.1, 0.15) is 5.82 Å². The average molecular weight is 438 g/mol. The summed E-state index contributed by atoms with van der Waals surface area (Å²) in [4.78, 5) is 26.5. The number of benzene rings is 1. The normalized spacial score (nSPS) is 23.3. The van der Waals surface area contributed by atoms with E-state index >= 15 is 0 Å². The standard InChI is InChI=1S/C24H31N5O3/c1-18-23(28-24(12-13-25-17-24)15-19-7-3-2-4-8-19)26-16-20(27-18)10-11-21(30)29-32-22-9-5-6-14-31-22/h2-4,7-8,10-11,16,22,25H,5-6,9,12-15,17H2,1H3,(H,26,28)(H,29,30)/b11-10+/t22?,24-/m0/s1. The molecule has 32 heavy (non-hydrogen) atoms. The van der Waals surface area contributed by atoms with Gasteiger partial charge in [-0.05, 0) is 50.8 Å². The number of hydroxylamine groups is 1. The summed E-state index contributed by atoms with van der Waals surface area (Å²) in [6.07, 6.45) is 9.08. The van der Waals surface area contributed by atoms with Crippen LogP contribution >= 0.6 is 0 Å². The molecule has 1 unspecified atom stereocenters. The first-order valence-electron chi connectivity index (χ1n) is 11.2. The Kier molecular flexibility index (Phi) is 7.47. The quantitative estimate of drug-likeness (QED) is 0.432. The molecule has 0 aliphatic carbocycles. The van der Waals surface area contributed by atoms with E-state index in [0.717, 1.165) is 56.7 Å². The monoisotopic (exact) mass is 437 g/mol. The summed E-state index contributed by atoms with van der Waals surface area (Å²) in [6.45, 7) is 4.43. The molecule has 2 fully saturated rings. The molecule has 0 spiro atoms. The number of anilines is 1. The van der Waals surface area contributed by atoms with Crippen LogP contribution < -0.4 is 16.1 Å². The van der Waals surface area contributed by atoms with Crippen molar-refractivity contribution in [2.45, 2.75) is 50.9 Å². The Labute approximate surface area is 188 Å². The van der Waals surface area contributed by atoms with Crippen LogP contribution in [0.1, 0.15) is 42.6 Å². The van der Waals surface area contributed by atoms with Crippen LogP contribution in [-0.4, -0.2) is 47.4 Å². The van der Waals surface area contributed by atoms with E-state index in [-0.39, 0.29) is 17.7 Å². The maximum atomic E-state index is 12.0. The number of amides is 1. The summed E-state index contributed by atoms with van der Waals surface area (Å²) in [5, 5.41) is 7.11. The van der Waals surface area contributed by atoms with Gasteiger partial charge in [0.2, 0.25) is 0 Å². The lowest BCUT2D eigenvalue weighted by Gasteiger charge is -2.31. The van der Waals surface area contributed by atoms with Crippen LogP contribution in [0.25, 0.3) is 6.08 Å². The van der Waals surface area contributed by atoms with Crippen LogP contribution in [0, 0.1) is 6.92 Å². The zero-order valence-corrected chi connectivity index (χ0v) is 18.5. The van der Waals surface area contributed by atoms with E-state index in [0.29, 0.717) is 12.3 Å². The Bertz CT molecular complexity index is 922. The highest BCUT2D eigenvalue weighted by atomic mass is 16.8. The van der Waals surface area contributed by atoms with Crippen LogP contribution in [0.15, 0.2) is 42.6 Å². The van der Waals surface area contributed by atoms with Crippen molar-refractivity contribution in [2.24, 2.45) is 0 Å². The van der Waals surface area contributed by atoms with Crippen LogP contribution in [0.3, 0.4) is 0 Å². The number of nitrogens with one attached hydrogen (secondary N) is 3. The fourth-order valence-corrected chi connectivity index (χ4v) is 4.11. The molecular weight excluding hydrogens is 406 g/mol. The minimum atomic E-state index is -0.373. The van der Waals surface area contributed by atoms with E-state index in [2.05, 4.69) is 50.3 Å². The van der Waals surface area contributed by atoms with Gasteiger partial charge >= 0.3 is 0 Å². The SMILES string of the molecule is Cc1nc(/C=C/C(=O)NOC2CCCCO2)cnc1N[C@]1(Cc2ccccc2)CCNC1. The second kappa shape index (κ2) is 10.7. The van der Waals surface area contributed by atoms with Crippen molar-refractivity contribution >= 4 is 17.8 Å². The van der Waals surface area contributed by atoms with Gasteiger partial charge < -0.3 is 15.4 Å². The Morgan fingerprint density at radius 3 is 2.94 bits per heavy atom. The molecule has 3 N–H and O–H groups in total. The molecule has 8 heteroatoms. The number of hydrogen-bond acceptors (Lipinski definition) is 7. The van der Waals surface area contributed by atoms with E-state index in [9.17, 15) is 4.79 Å². The lowest BCUT2D eigenvalue weighted by Crippen LogP contribution is -2.43. The topological polar surface area (TPSA) is 97.4 Å². The summed E-state index contributed by atoms with van der Waals surface area (Å²) in [7, 11) is 0. The molecule has 2 aromatic rings. The molecule has 2 aliphatic heterocycles. The van der Waals surface area contributed by atoms with Crippen molar-refractivity contribution in [3.8, 4) is 0 Å². The number of hydrogen-bond donors (Lipinski definition) is 3. The van der Waals surface area contributed by atoms with Crippen molar-refractivity contribution in [3.63, 3.8) is 0 Å². The Morgan fingerprint density at radius 2 is 2.22 bits per heavy atom. The zero-order valence-electron chi connectivity index (χ0n) is 18.5. The maximum absolute atomic E-state index is 12.0. The van der Waals surface area contributed by atoms with Crippen molar-refractivity contribution in [3.05, 3.63) is 59.6 Å². The van der Waals surface area contributed by atoms with Crippen LogP contribution in [0.4, 0.5) is 5.82 Å². The Hall–Kier alpha value is -2.81. The summed E-state index contributed by atoms with van der Waals surface area (Å²) in [5.74, 6) is 0.406. The molecule has 2 aliphatic rings. The van der Waals surface area contributed by atoms with Gasteiger partial charge in [-0.15, -0.1) is 0 Å². The highest BCUT2D eigenvalue weighted by Crippen LogP contribution is 2.26. The first-order valence-corrected chi connectivity index (χ1v) is 11.2. The van der Waals surface area contributed by atoms with Crippen molar-refractivity contribution in [1.29, 1.82) is 0 Å². The number of aromatic nitrogens is 2. The minimum absolute atomic E-state index is 0.101. The molecule has 3 heterocycles. The van der Waals surface area contributed by atoms with Crippen LogP contribution in [0.5, 0.6) is 0 Å². The predicted octanol–water partition coefficient (Wildman–Crippen LogP) is 2.76. The van der Waals surface area contributed by atoms with Crippen LogP contribution in [-0.2, 0) is 20.8 Å². The van der Waals surface area contributed by atoms with E-state index in [1.807, 2.05) is 13.0 Å².